The van der Waals surface area contributed by atoms with Crippen LogP contribution in [0.2, 0.25) is 0 Å². The van der Waals surface area contributed by atoms with Gasteiger partial charge in [-0.2, -0.15) is 0 Å². The van der Waals surface area contributed by atoms with Crippen molar-refractivity contribution < 1.29 is 34.2 Å². The summed E-state index contributed by atoms with van der Waals surface area (Å²) in [6.07, 6.45) is 0.957. The lowest BCUT2D eigenvalue weighted by atomic mass is 10.1. The molecule has 14 nitrogen and oxygen atoms in total. The number of carbonyl (C=O) groups is 5. The minimum atomic E-state index is -1.22. The van der Waals surface area contributed by atoms with Crippen molar-refractivity contribution in [1.29, 1.82) is 0 Å². The van der Waals surface area contributed by atoms with Gasteiger partial charge in [0.15, 0.2) is 5.96 Å². The molecule has 0 aliphatic carbocycles. The van der Waals surface area contributed by atoms with Gasteiger partial charge in [-0.05, 0) is 32.1 Å². The molecule has 1 aliphatic heterocycles. The normalized spacial score (nSPS) is 17.2. The lowest BCUT2D eigenvalue weighted by Gasteiger charge is -2.26. The van der Waals surface area contributed by atoms with E-state index in [1.54, 1.807) is 0 Å². The summed E-state index contributed by atoms with van der Waals surface area (Å²) in [6, 6.07) is -3.10. The first kappa shape index (κ1) is 26.6. The van der Waals surface area contributed by atoms with Gasteiger partial charge in [0.05, 0.1) is 12.6 Å². The minimum Gasteiger partial charge on any atom is -0.481 e. The van der Waals surface area contributed by atoms with E-state index in [0.717, 1.165) is 0 Å². The highest BCUT2D eigenvalue weighted by molar-refractivity contribution is 5.93. The Morgan fingerprint density at radius 3 is 2.41 bits per heavy atom. The van der Waals surface area contributed by atoms with Crippen molar-refractivity contribution in [3.8, 4) is 0 Å². The molecule has 1 heterocycles. The summed E-state index contributed by atoms with van der Waals surface area (Å²) < 4.78 is 0. The number of hydrogen-bond acceptors (Lipinski definition) is 7. The molecule has 180 valence electrons. The number of aliphatic carboxylic acids is 2. The van der Waals surface area contributed by atoms with Crippen LogP contribution in [0, 0.1) is 0 Å². The second kappa shape index (κ2) is 13.1. The fraction of sp³-hybridized carbons (Fsp3) is 0.667. The zero-order valence-electron chi connectivity index (χ0n) is 17.7. The van der Waals surface area contributed by atoms with Gasteiger partial charge in [0, 0.05) is 19.5 Å². The molecule has 10 N–H and O–H groups in total. The van der Waals surface area contributed by atoms with Crippen LogP contribution in [-0.2, 0) is 24.0 Å². The third-order valence-electron chi connectivity index (χ3n) is 4.86. The van der Waals surface area contributed by atoms with Crippen molar-refractivity contribution in [3.63, 3.8) is 0 Å². The maximum absolute atomic E-state index is 12.6. The number of likely N-dealkylation sites (tertiary alicyclic amines) is 1. The number of hydrogen-bond donors (Lipinski definition) is 7. The molecule has 1 fully saturated rings. The highest BCUT2D eigenvalue weighted by Crippen LogP contribution is 2.18. The van der Waals surface area contributed by atoms with E-state index in [1.165, 1.54) is 4.90 Å². The van der Waals surface area contributed by atoms with Crippen LogP contribution < -0.4 is 27.8 Å². The highest BCUT2D eigenvalue weighted by Gasteiger charge is 2.35. The number of nitrogens with two attached hydrogens (primary N) is 3. The molecule has 0 aromatic heterocycles. The molecule has 14 heteroatoms. The average molecular weight is 457 g/mol. The largest absolute Gasteiger partial charge is 0.481 e. The predicted octanol–water partition coefficient (Wildman–Crippen LogP) is -3.09. The number of nitrogens with one attached hydrogen (secondary N) is 2. The second-order valence-corrected chi connectivity index (χ2v) is 7.35. The monoisotopic (exact) mass is 457 g/mol. The zero-order chi connectivity index (χ0) is 24.3. The summed E-state index contributed by atoms with van der Waals surface area (Å²) in [5.74, 6) is -4.23. The number of nitrogens with zero attached hydrogens (tertiary/aromatic N) is 2. The van der Waals surface area contributed by atoms with Crippen LogP contribution in [0.3, 0.4) is 0 Å². The van der Waals surface area contributed by atoms with Gasteiger partial charge in [-0.1, -0.05) is 0 Å². The van der Waals surface area contributed by atoms with Crippen molar-refractivity contribution in [1.82, 2.24) is 15.5 Å². The Balaban J connectivity index is 2.59. The summed E-state index contributed by atoms with van der Waals surface area (Å²) in [5, 5.41) is 22.7. The van der Waals surface area contributed by atoms with E-state index in [9.17, 15) is 29.1 Å². The molecule has 0 spiro atoms. The molecule has 0 aromatic rings. The first-order valence-electron chi connectivity index (χ1n) is 10.2. The van der Waals surface area contributed by atoms with Gasteiger partial charge in [0.25, 0.3) is 0 Å². The van der Waals surface area contributed by atoms with E-state index in [0.29, 0.717) is 19.3 Å². The molecule has 32 heavy (non-hydrogen) atoms. The molecule has 1 saturated heterocycles. The maximum atomic E-state index is 12.6. The number of carboxylic acids is 2. The molecule has 1 aliphatic rings. The van der Waals surface area contributed by atoms with E-state index in [2.05, 4.69) is 15.6 Å². The number of guanidine groups is 1. The summed E-state index contributed by atoms with van der Waals surface area (Å²) in [6.45, 7) is 0.0780. The molecule has 0 bridgehead atoms. The number of aliphatic imine (C=N–C) groups is 1. The summed E-state index contributed by atoms with van der Waals surface area (Å²) >= 11 is 0. The van der Waals surface area contributed by atoms with E-state index < -0.39 is 54.3 Å². The van der Waals surface area contributed by atoms with E-state index in [1.807, 2.05) is 0 Å². The SMILES string of the molecule is NC(N)=NCCCC(NC(=O)C1CCCN1C(=O)CNC(=O)C(N)CCC(=O)O)C(=O)O. The Morgan fingerprint density at radius 2 is 1.81 bits per heavy atom. The summed E-state index contributed by atoms with van der Waals surface area (Å²) in [7, 11) is 0. The van der Waals surface area contributed by atoms with Crippen LogP contribution >= 0.6 is 0 Å². The zero-order valence-corrected chi connectivity index (χ0v) is 17.7. The van der Waals surface area contributed by atoms with Crippen molar-refractivity contribution in [3.05, 3.63) is 0 Å². The van der Waals surface area contributed by atoms with E-state index in [4.69, 9.17) is 22.3 Å². The van der Waals surface area contributed by atoms with Crippen molar-refractivity contribution >= 4 is 35.6 Å². The first-order chi connectivity index (χ1) is 15.0. The molecule has 3 atom stereocenters. The molecular weight excluding hydrogens is 426 g/mol. The van der Waals surface area contributed by atoms with Gasteiger partial charge < -0.3 is 42.9 Å². The molecule has 3 amide bonds. The van der Waals surface area contributed by atoms with E-state index >= 15 is 0 Å². The van der Waals surface area contributed by atoms with Crippen molar-refractivity contribution in [2.24, 2.45) is 22.2 Å². The summed E-state index contributed by atoms with van der Waals surface area (Å²) in [5.41, 5.74) is 16.0. The fourth-order valence-electron chi connectivity index (χ4n) is 3.17. The van der Waals surface area contributed by atoms with Crippen LogP contribution in [0.15, 0.2) is 4.99 Å². The molecule has 1 rings (SSSR count). The van der Waals surface area contributed by atoms with Gasteiger partial charge in [-0.15, -0.1) is 0 Å². The van der Waals surface area contributed by atoms with Gasteiger partial charge in [0.2, 0.25) is 17.7 Å². The number of carboxylic acid groups (broad SMARTS) is 2. The number of carbonyl (C=O) groups excluding carboxylic acids is 3. The highest BCUT2D eigenvalue weighted by atomic mass is 16.4. The lowest BCUT2D eigenvalue weighted by molar-refractivity contribution is -0.144. The van der Waals surface area contributed by atoms with Crippen LogP contribution in [0.1, 0.15) is 38.5 Å². The second-order valence-electron chi connectivity index (χ2n) is 7.35. The smallest absolute Gasteiger partial charge is 0.326 e. The Bertz CT molecular complexity index is 739. The minimum absolute atomic E-state index is 0.0795. The molecular formula is C18H31N7O7. The predicted molar refractivity (Wildman–Crippen MR) is 112 cm³/mol. The van der Waals surface area contributed by atoms with Crippen LogP contribution in [0.25, 0.3) is 0 Å². The van der Waals surface area contributed by atoms with E-state index in [-0.39, 0.29) is 38.3 Å². The average Bonchev–Trinajstić information content (AvgIpc) is 3.21. The van der Waals surface area contributed by atoms with Gasteiger partial charge in [-0.3, -0.25) is 24.2 Å². The first-order valence-corrected chi connectivity index (χ1v) is 10.2. The van der Waals surface area contributed by atoms with Crippen molar-refractivity contribution in [2.45, 2.75) is 56.7 Å². The number of rotatable bonds is 13. The third kappa shape index (κ3) is 9.16. The Hall–Kier alpha value is -3.42. The van der Waals surface area contributed by atoms with Gasteiger partial charge in [-0.25, -0.2) is 4.79 Å². The van der Waals surface area contributed by atoms with Gasteiger partial charge in [0.1, 0.15) is 12.1 Å². The summed E-state index contributed by atoms with van der Waals surface area (Å²) in [4.78, 5) is 64.0. The maximum Gasteiger partial charge on any atom is 0.326 e. The Morgan fingerprint density at radius 1 is 1.12 bits per heavy atom. The molecule has 0 saturated carbocycles. The Kier molecular flexibility index (Phi) is 10.9. The topological polar surface area (TPSA) is 244 Å². The molecule has 3 unspecified atom stereocenters. The van der Waals surface area contributed by atoms with Crippen molar-refractivity contribution in [2.75, 3.05) is 19.6 Å². The van der Waals surface area contributed by atoms with Crippen LogP contribution in [0.4, 0.5) is 0 Å². The Labute approximate surface area is 184 Å². The van der Waals surface area contributed by atoms with Gasteiger partial charge >= 0.3 is 11.9 Å². The lowest BCUT2D eigenvalue weighted by Crippen LogP contribution is -2.53. The standard InChI is InChI=1S/C18H31N7O7/c19-10(5-6-14(27)28)15(29)23-9-13(26)25-8-2-4-12(25)16(30)24-11(17(31)32)3-1-7-22-18(20)21/h10-12H,1-9,19H2,(H,23,29)(H,24,30)(H,27,28)(H,31,32)(H4,20,21,22). The number of amides is 3. The third-order valence-corrected chi connectivity index (χ3v) is 4.86. The molecule has 0 radical (unpaired) electrons. The molecule has 0 aromatic carbocycles. The van der Waals surface area contributed by atoms with Crippen LogP contribution in [0.5, 0.6) is 0 Å². The quantitative estimate of drug-likeness (QED) is 0.0834. The van der Waals surface area contributed by atoms with Crippen LogP contribution in [-0.4, -0.2) is 88.5 Å². The fourth-order valence-corrected chi connectivity index (χ4v) is 3.17.